The molecule has 0 bridgehead atoms. The summed E-state index contributed by atoms with van der Waals surface area (Å²) in [4.78, 5) is 0. The first-order valence-electron chi connectivity index (χ1n) is 5.02. The van der Waals surface area contributed by atoms with Gasteiger partial charge in [0.15, 0.2) is 0 Å². The van der Waals surface area contributed by atoms with Gasteiger partial charge in [-0.2, -0.15) is 0 Å². The molecule has 2 rings (SSSR count). The molecule has 4 heteroatoms. The predicted molar refractivity (Wildman–Crippen MR) is 79.3 cm³/mol. The Morgan fingerprint density at radius 1 is 1.12 bits per heavy atom. The number of aliphatic hydroxyl groups is 1. The molecule has 88 valence electrons. The summed E-state index contributed by atoms with van der Waals surface area (Å²) in [7, 11) is 0. The molecular formula is C13H10BrIO2. The van der Waals surface area contributed by atoms with Crippen molar-refractivity contribution in [3.05, 3.63) is 56.1 Å². The van der Waals surface area contributed by atoms with Gasteiger partial charge in [-0.25, -0.2) is 0 Å². The zero-order valence-corrected chi connectivity index (χ0v) is 12.6. The molecule has 0 spiro atoms. The molecule has 0 amide bonds. The van der Waals surface area contributed by atoms with E-state index in [1.165, 1.54) is 0 Å². The molecule has 2 aromatic carbocycles. The molecule has 0 aliphatic heterocycles. The largest absolute Gasteiger partial charge is 0.457 e. The second-order valence-electron chi connectivity index (χ2n) is 3.47. The molecule has 0 aliphatic carbocycles. The lowest BCUT2D eigenvalue weighted by Gasteiger charge is -2.10. The summed E-state index contributed by atoms with van der Waals surface area (Å²) in [5.74, 6) is 1.44. The number of hydrogen-bond acceptors (Lipinski definition) is 2. The highest BCUT2D eigenvalue weighted by Crippen LogP contribution is 2.28. The van der Waals surface area contributed by atoms with Gasteiger partial charge in [0.05, 0.1) is 6.61 Å². The van der Waals surface area contributed by atoms with E-state index in [9.17, 15) is 5.11 Å². The average molecular weight is 405 g/mol. The fraction of sp³-hybridized carbons (Fsp3) is 0.0769. The van der Waals surface area contributed by atoms with Gasteiger partial charge in [0.2, 0.25) is 0 Å². The maximum absolute atomic E-state index is 9.26. The molecule has 0 aromatic heterocycles. The maximum atomic E-state index is 9.26. The van der Waals surface area contributed by atoms with Crippen molar-refractivity contribution in [2.24, 2.45) is 0 Å². The second-order valence-corrected chi connectivity index (χ2v) is 5.63. The van der Waals surface area contributed by atoms with Crippen LogP contribution >= 0.6 is 38.5 Å². The zero-order valence-electron chi connectivity index (χ0n) is 8.86. The number of ether oxygens (including phenoxy) is 1. The minimum atomic E-state index is -0.0425. The molecule has 1 N–H and O–H groups in total. The van der Waals surface area contributed by atoms with Crippen LogP contribution < -0.4 is 4.74 Å². The molecule has 2 nitrogen and oxygen atoms in total. The first-order valence-corrected chi connectivity index (χ1v) is 6.89. The van der Waals surface area contributed by atoms with E-state index < -0.39 is 0 Å². The Morgan fingerprint density at radius 3 is 2.47 bits per heavy atom. The maximum Gasteiger partial charge on any atom is 0.133 e. The van der Waals surface area contributed by atoms with Gasteiger partial charge in [-0.05, 0) is 65.1 Å². The lowest BCUT2D eigenvalue weighted by molar-refractivity contribution is 0.276. The molecule has 2 aromatic rings. The quantitative estimate of drug-likeness (QED) is 0.771. The monoisotopic (exact) mass is 404 g/mol. The normalized spacial score (nSPS) is 10.3. The highest BCUT2D eigenvalue weighted by atomic mass is 127. The number of halogens is 2. The number of benzene rings is 2. The first kappa shape index (κ1) is 12.9. The van der Waals surface area contributed by atoms with Crippen molar-refractivity contribution in [2.45, 2.75) is 6.61 Å². The highest BCUT2D eigenvalue weighted by molar-refractivity contribution is 14.1. The van der Waals surface area contributed by atoms with E-state index >= 15 is 0 Å². The third-order valence-corrected chi connectivity index (χ3v) is 3.45. The van der Waals surface area contributed by atoms with Gasteiger partial charge in [0.25, 0.3) is 0 Å². The van der Waals surface area contributed by atoms with Gasteiger partial charge in [-0.15, -0.1) is 0 Å². The van der Waals surface area contributed by atoms with E-state index in [0.29, 0.717) is 5.75 Å². The standard InChI is InChI=1S/C13H10BrIO2/c14-10-1-6-13(9(7-10)8-16)17-12-4-2-11(15)3-5-12/h1-7,16H,8H2. The van der Waals surface area contributed by atoms with Gasteiger partial charge in [-0.3, -0.25) is 0 Å². The summed E-state index contributed by atoms with van der Waals surface area (Å²) < 4.78 is 7.81. The smallest absolute Gasteiger partial charge is 0.133 e. The highest BCUT2D eigenvalue weighted by Gasteiger charge is 2.04. The van der Waals surface area contributed by atoms with Crippen molar-refractivity contribution >= 4 is 38.5 Å². The second kappa shape index (κ2) is 5.84. The summed E-state index contributed by atoms with van der Waals surface area (Å²) >= 11 is 5.61. The molecular weight excluding hydrogens is 395 g/mol. The number of aliphatic hydroxyl groups excluding tert-OH is 1. The Kier molecular flexibility index (Phi) is 4.42. The number of rotatable bonds is 3. The van der Waals surface area contributed by atoms with Crippen LogP contribution in [0, 0.1) is 3.57 Å². The van der Waals surface area contributed by atoms with Gasteiger partial charge in [-0.1, -0.05) is 15.9 Å². The van der Waals surface area contributed by atoms with E-state index in [4.69, 9.17) is 4.74 Å². The van der Waals surface area contributed by atoms with Crippen molar-refractivity contribution in [1.82, 2.24) is 0 Å². The summed E-state index contributed by atoms with van der Waals surface area (Å²) in [5, 5.41) is 9.26. The van der Waals surface area contributed by atoms with Gasteiger partial charge >= 0.3 is 0 Å². The van der Waals surface area contributed by atoms with E-state index in [2.05, 4.69) is 38.5 Å². The fourth-order valence-corrected chi connectivity index (χ4v) is 2.17. The van der Waals surface area contributed by atoms with E-state index in [0.717, 1.165) is 19.4 Å². The van der Waals surface area contributed by atoms with Crippen molar-refractivity contribution in [2.75, 3.05) is 0 Å². The Morgan fingerprint density at radius 2 is 1.82 bits per heavy atom. The summed E-state index contributed by atoms with van der Waals surface area (Å²) in [5.41, 5.74) is 0.762. The van der Waals surface area contributed by atoms with Crippen LogP contribution in [0.15, 0.2) is 46.9 Å². The summed E-state index contributed by atoms with van der Waals surface area (Å²) in [6.07, 6.45) is 0. The van der Waals surface area contributed by atoms with Gasteiger partial charge < -0.3 is 9.84 Å². The molecule has 0 heterocycles. The van der Waals surface area contributed by atoms with Crippen molar-refractivity contribution < 1.29 is 9.84 Å². The predicted octanol–water partition coefficient (Wildman–Crippen LogP) is 4.34. The number of hydrogen-bond donors (Lipinski definition) is 1. The van der Waals surface area contributed by atoms with Crippen LogP contribution in [0.3, 0.4) is 0 Å². The third kappa shape index (κ3) is 3.43. The molecule has 0 aliphatic rings. The molecule has 0 saturated heterocycles. The SMILES string of the molecule is OCc1cc(Br)ccc1Oc1ccc(I)cc1. The Bertz CT molecular complexity index is 511. The fourth-order valence-electron chi connectivity index (χ4n) is 1.40. The van der Waals surface area contributed by atoms with E-state index in [-0.39, 0.29) is 6.61 Å². The molecule has 17 heavy (non-hydrogen) atoms. The van der Waals surface area contributed by atoms with Crippen LogP contribution in [0.2, 0.25) is 0 Å². The van der Waals surface area contributed by atoms with Crippen LogP contribution in [0.5, 0.6) is 11.5 Å². The van der Waals surface area contributed by atoms with Crippen molar-refractivity contribution in [3.8, 4) is 11.5 Å². The minimum absolute atomic E-state index is 0.0425. The molecule has 0 unspecified atom stereocenters. The van der Waals surface area contributed by atoms with Crippen LogP contribution in [0.25, 0.3) is 0 Å². The van der Waals surface area contributed by atoms with E-state index in [1.54, 1.807) is 0 Å². The first-order chi connectivity index (χ1) is 8.19. The van der Waals surface area contributed by atoms with Crippen LogP contribution in [0.4, 0.5) is 0 Å². The zero-order chi connectivity index (χ0) is 12.3. The summed E-state index contributed by atoms with van der Waals surface area (Å²) in [6.45, 7) is -0.0425. The lowest BCUT2D eigenvalue weighted by atomic mass is 10.2. The van der Waals surface area contributed by atoms with Gasteiger partial charge in [0, 0.05) is 13.6 Å². The van der Waals surface area contributed by atoms with Crippen LogP contribution in [-0.2, 0) is 6.61 Å². The Balaban J connectivity index is 2.26. The summed E-state index contributed by atoms with van der Waals surface area (Å²) in [6, 6.07) is 13.4. The molecule has 0 atom stereocenters. The van der Waals surface area contributed by atoms with Crippen LogP contribution in [-0.4, -0.2) is 5.11 Å². The third-order valence-electron chi connectivity index (χ3n) is 2.23. The molecule has 0 fully saturated rings. The average Bonchev–Trinajstić information content (AvgIpc) is 2.34. The lowest BCUT2D eigenvalue weighted by Crippen LogP contribution is -1.91. The van der Waals surface area contributed by atoms with Crippen molar-refractivity contribution in [1.29, 1.82) is 0 Å². The Hall–Kier alpha value is -0.590. The van der Waals surface area contributed by atoms with Crippen LogP contribution in [0.1, 0.15) is 5.56 Å². The molecule has 0 radical (unpaired) electrons. The topological polar surface area (TPSA) is 29.5 Å². The van der Waals surface area contributed by atoms with Crippen molar-refractivity contribution in [3.63, 3.8) is 0 Å². The molecule has 0 saturated carbocycles. The van der Waals surface area contributed by atoms with Gasteiger partial charge in [0.1, 0.15) is 11.5 Å². The van der Waals surface area contributed by atoms with E-state index in [1.807, 2.05) is 42.5 Å². The Labute approximate surface area is 122 Å². The minimum Gasteiger partial charge on any atom is -0.457 e.